The molecule has 0 aliphatic carbocycles. The van der Waals surface area contributed by atoms with Crippen LogP contribution in [0.25, 0.3) is 16.5 Å². The van der Waals surface area contributed by atoms with Crippen molar-refractivity contribution < 1.29 is 12.8 Å². The monoisotopic (exact) mass is 439 g/mol. The van der Waals surface area contributed by atoms with Crippen molar-refractivity contribution in [3.8, 4) is 0 Å². The second kappa shape index (κ2) is 7.50. The Morgan fingerprint density at radius 2 is 1.90 bits per heavy atom. The maximum atomic E-state index is 14.1. The molecule has 0 fully saturated rings. The number of aromatic nitrogens is 1. The molecule has 0 unspecified atom stereocenters. The second-order valence-electron chi connectivity index (χ2n) is 8.37. The van der Waals surface area contributed by atoms with E-state index in [1.165, 1.54) is 21.7 Å². The highest BCUT2D eigenvalue weighted by molar-refractivity contribution is 7.90. The summed E-state index contributed by atoms with van der Waals surface area (Å²) < 4.78 is 42.8. The van der Waals surface area contributed by atoms with E-state index in [-0.39, 0.29) is 10.7 Å². The van der Waals surface area contributed by atoms with Gasteiger partial charge in [-0.3, -0.25) is 0 Å². The molecule has 0 atom stereocenters. The number of benzene rings is 2. The summed E-state index contributed by atoms with van der Waals surface area (Å²) in [5.41, 5.74) is 4.53. The van der Waals surface area contributed by atoms with E-state index in [1.54, 1.807) is 24.4 Å². The Labute approximate surface area is 182 Å². The predicted molar refractivity (Wildman–Crippen MR) is 123 cm³/mol. The van der Waals surface area contributed by atoms with E-state index < -0.39 is 10.0 Å². The fourth-order valence-corrected chi connectivity index (χ4v) is 6.06. The molecule has 3 heterocycles. The van der Waals surface area contributed by atoms with Gasteiger partial charge in [0, 0.05) is 49.0 Å². The third-order valence-electron chi connectivity index (χ3n) is 6.48. The molecule has 7 heteroatoms. The first kappa shape index (κ1) is 20.3. The van der Waals surface area contributed by atoms with Gasteiger partial charge in [-0.15, -0.1) is 0 Å². The fourth-order valence-electron chi connectivity index (χ4n) is 4.67. The number of hydrogen-bond donors (Lipinski definition) is 0. The Hall–Kier alpha value is -2.64. The van der Waals surface area contributed by atoms with Crippen LogP contribution in [0.3, 0.4) is 0 Å². The van der Waals surface area contributed by atoms with Gasteiger partial charge in [0.15, 0.2) is 0 Å². The van der Waals surface area contributed by atoms with E-state index in [4.69, 9.17) is 0 Å². The predicted octanol–water partition coefficient (Wildman–Crippen LogP) is 4.12. The Morgan fingerprint density at radius 1 is 1.06 bits per heavy atom. The van der Waals surface area contributed by atoms with Crippen molar-refractivity contribution in [1.29, 1.82) is 0 Å². The lowest BCUT2D eigenvalue weighted by Gasteiger charge is -2.21. The van der Waals surface area contributed by atoms with Crippen LogP contribution in [0, 0.1) is 5.82 Å². The van der Waals surface area contributed by atoms with Crippen LogP contribution in [-0.4, -0.2) is 50.5 Å². The highest BCUT2D eigenvalue weighted by Gasteiger charge is 2.26. The van der Waals surface area contributed by atoms with Crippen LogP contribution in [-0.2, 0) is 16.4 Å². The Balaban J connectivity index is 1.67. The van der Waals surface area contributed by atoms with Crippen molar-refractivity contribution in [3.63, 3.8) is 0 Å². The van der Waals surface area contributed by atoms with Gasteiger partial charge < -0.3 is 9.80 Å². The van der Waals surface area contributed by atoms with Crippen LogP contribution in [0.5, 0.6) is 0 Å². The number of halogens is 1. The largest absolute Gasteiger partial charge is 0.371 e. The summed E-state index contributed by atoms with van der Waals surface area (Å²) in [5, 5.41) is 0.635. The van der Waals surface area contributed by atoms with Crippen LogP contribution >= 0.6 is 0 Å². The van der Waals surface area contributed by atoms with E-state index in [0.717, 1.165) is 55.8 Å². The van der Waals surface area contributed by atoms with Gasteiger partial charge in [-0.25, -0.2) is 16.8 Å². The minimum atomic E-state index is -3.83. The minimum absolute atomic E-state index is 0.261. The molecule has 2 aromatic carbocycles. The Bertz CT molecular complexity index is 1310. The number of nitrogens with zero attached hydrogens (tertiary/aromatic N) is 3. The van der Waals surface area contributed by atoms with Crippen LogP contribution in [0.4, 0.5) is 10.1 Å². The number of fused-ring (bicyclic) bond motifs is 2. The van der Waals surface area contributed by atoms with Gasteiger partial charge in [0.05, 0.1) is 10.4 Å². The van der Waals surface area contributed by atoms with E-state index in [9.17, 15) is 12.8 Å². The summed E-state index contributed by atoms with van der Waals surface area (Å²) in [6.07, 6.45) is 5.51. The quantitative estimate of drug-likeness (QED) is 0.614. The molecular formula is C24H26FN3O2S. The third-order valence-corrected chi connectivity index (χ3v) is 8.15. The lowest BCUT2D eigenvalue weighted by molar-refractivity contribution is 0.370. The van der Waals surface area contributed by atoms with Crippen molar-refractivity contribution in [3.05, 3.63) is 65.6 Å². The molecule has 0 spiro atoms. The second-order valence-corrected chi connectivity index (χ2v) is 10.2. The fraction of sp³-hybridized carbons (Fsp3) is 0.333. The van der Waals surface area contributed by atoms with Crippen LogP contribution in [0.15, 0.2) is 53.6 Å². The average Bonchev–Trinajstić information content (AvgIpc) is 3.35. The summed E-state index contributed by atoms with van der Waals surface area (Å²) >= 11 is 0. The Morgan fingerprint density at radius 3 is 2.65 bits per heavy atom. The molecule has 31 heavy (non-hydrogen) atoms. The molecule has 5 rings (SSSR count). The molecule has 162 valence electrons. The van der Waals surface area contributed by atoms with Crippen LogP contribution in [0.2, 0.25) is 0 Å². The zero-order valence-electron chi connectivity index (χ0n) is 17.8. The first-order valence-electron chi connectivity index (χ1n) is 10.7. The molecular weight excluding hydrogens is 413 g/mol. The van der Waals surface area contributed by atoms with Gasteiger partial charge in [-0.2, -0.15) is 0 Å². The topological polar surface area (TPSA) is 45.6 Å². The lowest BCUT2D eigenvalue weighted by Crippen LogP contribution is -2.23. The maximum absolute atomic E-state index is 14.1. The SMILES string of the molecule is CCN1CCc2ccc(S(=O)(=O)n3cc(C4=CCN(C)CC4)c4cc(F)ccc43)cc21. The van der Waals surface area contributed by atoms with Crippen molar-refractivity contribution in [1.82, 2.24) is 8.87 Å². The van der Waals surface area contributed by atoms with E-state index in [2.05, 4.69) is 22.8 Å². The summed E-state index contributed by atoms with van der Waals surface area (Å²) in [5.74, 6) is -0.367. The molecule has 2 aliphatic heterocycles. The normalized spacial score (nSPS) is 17.3. The summed E-state index contributed by atoms with van der Waals surface area (Å²) in [4.78, 5) is 4.66. The summed E-state index contributed by atoms with van der Waals surface area (Å²) in [6, 6.07) is 9.72. The average molecular weight is 440 g/mol. The van der Waals surface area contributed by atoms with Gasteiger partial charge >= 0.3 is 0 Å². The highest BCUT2D eigenvalue weighted by Crippen LogP contribution is 2.35. The lowest BCUT2D eigenvalue weighted by atomic mass is 9.99. The smallest absolute Gasteiger partial charge is 0.268 e. The molecule has 0 saturated heterocycles. The molecule has 1 aromatic heterocycles. The standard InChI is InChI=1S/C24H26FN3O2S/c1-3-27-13-10-18-4-6-20(15-24(18)27)31(29,30)28-16-22(17-8-11-26(2)12-9-17)21-14-19(25)5-7-23(21)28/h4-8,14-16H,3,9-13H2,1-2H3. The van der Waals surface area contributed by atoms with Gasteiger partial charge in [0.25, 0.3) is 10.0 Å². The van der Waals surface area contributed by atoms with E-state index in [0.29, 0.717) is 10.9 Å². The van der Waals surface area contributed by atoms with Gasteiger partial charge in [-0.05, 0) is 68.3 Å². The van der Waals surface area contributed by atoms with Gasteiger partial charge in [0.2, 0.25) is 0 Å². The molecule has 0 bridgehead atoms. The van der Waals surface area contributed by atoms with Crippen LogP contribution in [0.1, 0.15) is 24.5 Å². The van der Waals surface area contributed by atoms with Crippen molar-refractivity contribution in [2.75, 3.05) is 38.1 Å². The van der Waals surface area contributed by atoms with Crippen molar-refractivity contribution in [2.45, 2.75) is 24.7 Å². The first-order valence-corrected chi connectivity index (χ1v) is 12.1. The maximum Gasteiger partial charge on any atom is 0.268 e. The van der Waals surface area contributed by atoms with Crippen molar-refractivity contribution in [2.24, 2.45) is 0 Å². The van der Waals surface area contributed by atoms with Gasteiger partial charge in [0.1, 0.15) is 5.82 Å². The summed E-state index contributed by atoms with van der Waals surface area (Å²) in [7, 11) is -1.78. The molecule has 2 aliphatic rings. The molecule has 0 N–H and O–H groups in total. The molecule has 3 aromatic rings. The third kappa shape index (κ3) is 3.36. The highest BCUT2D eigenvalue weighted by atomic mass is 32.2. The Kier molecular flexibility index (Phi) is 4.90. The van der Waals surface area contributed by atoms with Crippen molar-refractivity contribution >= 4 is 32.2 Å². The first-order chi connectivity index (χ1) is 14.9. The number of rotatable bonds is 4. The van der Waals surface area contributed by atoms with Crippen LogP contribution < -0.4 is 4.90 Å². The number of anilines is 1. The zero-order chi connectivity index (χ0) is 21.8. The molecule has 0 amide bonds. The molecule has 0 saturated carbocycles. The van der Waals surface area contributed by atoms with E-state index in [1.807, 2.05) is 13.1 Å². The summed E-state index contributed by atoms with van der Waals surface area (Å²) in [6.45, 7) is 5.51. The molecule has 0 radical (unpaired) electrons. The molecule has 5 nitrogen and oxygen atoms in total. The zero-order valence-corrected chi connectivity index (χ0v) is 18.6. The van der Waals surface area contributed by atoms with E-state index >= 15 is 0 Å². The number of likely N-dealkylation sites (N-methyl/N-ethyl adjacent to an activating group) is 2. The minimum Gasteiger partial charge on any atom is -0.371 e. The van der Waals surface area contributed by atoms with Gasteiger partial charge in [-0.1, -0.05) is 12.1 Å². The number of hydrogen-bond acceptors (Lipinski definition) is 4.